The second-order valence-electron chi connectivity index (χ2n) is 1.12. The largest absolute Gasteiger partial charge is 0.550 e. The van der Waals surface area contributed by atoms with Gasteiger partial charge < -0.3 is 15.0 Å². The summed E-state index contributed by atoms with van der Waals surface area (Å²) in [6.45, 7) is 1.80. The van der Waals surface area contributed by atoms with Gasteiger partial charge in [-0.3, -0.25) is 0 Å². The normalized spacial score (nSPS) is 6.88. The fourth-order valence-electron chi connectivity index (χ4n) is 0.204. The van der Waals surface area contributed by atoms with Gasteiger partial charge in [-0.25, -0.2) is 0 Å². The molecule has 0 spiro atoms. The lowest BCUT2D eigenvalue weighted by atomic mass is 10.4. The van der Waals surface area contributed by atoms with Gasteiger partial charge in [-0.05, 0) is 6.42 Å². The molecule has 0 saturated carbocycles. The molecule has 50 valence electrons. The number of carbonyl (C=O) groups excluding carboxylic acids is 1. The van der Waals surface area contributed by atoms with Gasteiger partial charge in [-0.2, -0.15) is 0 Å². The predicted octanol–water partition coefficient (Wildman–Crippen LogP) is -0.855. The number of hydrogen-bond acceptors (Lipinski definition) is 3. The van der Waals surface area contributed by atoms with Crippen LogP contribution in [0.4, 0.5) is 0 Å². The van der Waals surface area contributed by atoms with E-state index in [1.54, 1.807) is 6.92 Å². The summed E-state index contributed by atoms with van der Waals surface area (Å²) in [5.74, 6) is -0.961. The zero-order chi connectivity index (χ0) is 6.99. The third kappa shape index (κ3) is 18.0. The third-order valence-electron chi connectivity index (χ3n) is 0.454. The lowest BCUT2D eigenvalue weighted by molar-refractivity contribution is -0.305. The molecule has 0 rings (SSSR count). The van der Waals surface area contributed by atoms with Gasteiger partial charge in [0.25, 0.3) is 0 Å². The first kappa shape index (κ1) is 10.4. The van der Waals surface area contributed by atoms with Crippen molar-refractivity contribution in [3.8, 4) is 0 Å². The van der Waals surface area contributed by atoms with Gasteiger partial charge in [-0.1, -0.05) is 13.3 Å². The van der Waals surface area contributed by atoms with Crippen LogP contribution in [0.5, 0.6) is 0 Å². The van der Waals surface area contributed by atoms with Gasteiger partial charge in [0.05, 0.1) is 0 Å². The first-order valence-corrected chi connectivity index (χ1v) is 2.42. The molecule has 0 unspecified atom stereocenters. The lowest BCUT2D eigenvalue weighted by Gasteiger charge is -1.92. The lowest BCUT2D eigenvalue weighted by Crippen LogP contribution is -2.20. The highest BCUT2D eigenvalue weighted by atomic mass is 16.4. The van der Waals surface area contributed by atoms with E-state index in [0.717, 1.165) is 7.11 Å². The Bertz CT molecular complexity index is 51.6. The standard InChI is InChI=1S/C4H8O2.CH4O/c1-2-3-4(5)6;1-2/h2-3H2,1H3,(H,5,6);2H,1H3/p-1. The van der Waals surface area contributed by atoms with Gasteiger partial charge in [0.2, 0.25) is 0 Å². The Kier molecular flexibility index (Phi) is 12.6. The zero-order valence-corrected chi connectivity index (χ0v) is 5.18. The maximum atomic E-state index is 9.49. The maximum absolute atomic E-state index is 9.49. The Morgan fingerprint density at radius 1 is 1.62 bits per heavy atom. The summed E-state index contributed by atoms with van der Waals surface area (Å²) in [5.41, 5.74) is 0. The van der Waals surface area contributed by atoms with Crippen molar-refractivity contribution in [2.75, 3.05) is 7.11 Å². The second-order valence-corrected chi connectivity index (χ2v) is 1.12. The summed E-state index contributed by atoms with van der Waals surface area (Å²) in [4.78, 5) is 9.49. The summed E-state index contributed by atoms with van der Waals surface area (Å²) in [5, 5.41) is 16.5. The molecule has 8 heavy (non-hydrogen) atoms. The van der Waals surface area contributed by atoms with E-state index >= 15 is 0 Å². The number of carbonyl (C=O) groups is 1. The predicted molar refractivity (Wildman–Crippen MR) is 28.1 cm³/mol. The highest BCUT2D eigenvalue weighted by molar-refractivity contribution is 5.63. The van der Waals surface area contributed by atoms with Crippen molar-refractivity contribution in [2.45, 2.75) is 19.8 Å². The molecule has 0 heterocycles. The highest BCUT2D eigenvalue weighted by Gasteiger charge is 1.75. The summed E-state index contributed by atoms with van der Waals surface area (Å²) < 4.78 is 0. The van der Waals surface area contributed by atoms with Gasteiger partial charge >= 0.3 is 0 Å². The Morgan fingerprint density at radius 2 is 2.00 bits per heavy atom. The molecule has 0 aliphatic carbocycles. The average molecular weight is 119 g/mol. The molecule has 0 aromatic carbocycles. The minimum atomic E-state index is -0.961. The molecular formula is C5H11O3-. The number of aliphatic hydroxyl groups is 1. The fourth-order valence-corrected chi connectivity index (χ4v) is 0.204. The molecular weight excluding hydrogens is 108 g/mol. The van der Waals surface area contributed by atoms with Crippen molar-refractivity contribution in [3.05, 3.63) is 0 Å². The van der Waals surface area contributed by atoms with Crippen LogP contribution in [0.1, 0.15) is 19.8 Å². The quantitative estimate of drug-likeness (QED) is 0.514. The summed E-state index contributed by atoms with van der Waals surface area (Å²) in [7, 11) is 1.00. The van der Waals surface area contributed by atoms with E-state index in [-0.39, 0.29) is 6.42 Å². The number of aliphatic carboxylic acids is 1. The van der Waals surface area contributed by atoms with Crippen molar-refractivity contribution in [1.82, 2.24) is 0 Å². The maximum Gasteiger partial charge on any atom is 0.0414 e. The van der Waals surface area contributed by atoms with Gasteiger partial charge in [0.15, 0.2) is 0 Å². The summed E-state index contributed by atoms with van der Waals surface area (Å²) in [6.07, 6.45) is 0.850. The van der Waals surface area contributed by atoms with Crippen LogP contribution >= 0.6 is 0 Å². The van der Waals surface area contributed by atoms with Crippen molar-refractivity contribution in [3.63, 3.8) is 0 Å². The number of carboxylic acids is 1. The van der Waals surface area contributed by atoms with Crippen LogP contribution < -0.4 is 5.11 Å². The molecule has 0 aliphatic heterocycles. The zero-order valence-electron chi connectivity index (χ0n) is 5.18. The van der Waals surface area contributed by atoms with Crippen molar-refractivity contribution in [2.24, 2.45) is 0 Å². The summed E-state index contributed by atoms with van der Waals surface area (Å²) >= 11 is 0. The summed E-state index contributed by atoms with van der Waals surface area (Å²) in [6, 6.07) is 0. The van der Waals surface area contributed by atoms with Crippen LogP contribution in [0.15, 0.2) is 0 Å². The molecule has 3 heteroatoms. The SMILES string of the molecule is CCCC(=O)[O-].CO. The minimum Gasteiger partial charge on any atom is -0.550 e. The molecule has 0 aromatic rings. The van der Waals surface area contributed by atoms with E-state index in [1.807, 2.05) is 0 Å². The average Bonchev–Trinajstić information content (AvgIpc) is 1.72. The van der Waals surface area contributed by atoms with Crippen LogP contribution in [0.2, 0.25) is 0 Å². The minimum absolute atomic E-state index is 0.181. The monoisotopic (exact) mass is 119 g/mol. The molecule has 0 aromatic heterocycles. The van der Waals surface area contributed by atoms with Crippen LogP contribution in [0.3, 0.4) is 0 Å². The Hall–Kier alpha value is -0.570. The van der Waals surface area contributed by atoms with E-state index in [0.29, 0.717) is 6.42 Å². The molecule has 0 amide bonds. The van der Waals surface area contributed by atoms with Crippen molar-refractivity contribution < 1.29 is 15.0 Å². The van der Waals surface area contributed by atoms with E-state index in [1.165, 1.54) is 0 Å². The fraction of sp³-hybridized carbons (Fsp3) is 0.800. The molecule has 0 saturated heterocycles. The van der Waals surface area contributed by atoms with E-state index < -0.39 is 5.97 Å². The smallest absolute Gasteiger partial charge is 0.0414 e. The first-order chi connectivity index (χ1) is 3.77. The molecule has 1 N–H and O–H groups in total. The Morgan fingerprint density at radius 3 is 2.00 bits per heavy atom. The first-order valence-electron chi connectivity index (χ1n) is 2.42. The van der Waals surface area contributed by atoms with Crippen LogP contribution in [-0.2, 0) is 4.79 Å². The molecule has 0 radical (unpaired) electrons. The van der Waals surface area contributed by atoms with Gasteiger partial charge in [0.1, 0.15) is 0 Å². The van der Waals surface area contributed by atoms with E-state index in [2.05, 4.69) is 0 Å². The number of rotatable bonds is 2. The van der Waals surface area contributed by atoms with Crippen LogP contribution in [-0.4, -0.2) is 18.2 Å². The molecule has 3 nitrogen and oxygen atoms in total. The Balaban J connectivity index is 0. The number of carboxylic acid groups (broad SMARTS) is 1. The topological polar surface area (TPSA) is 60.4 Å². The second kappa shape index (κ2) is 9.66. The molecule has 0 fully saturated rings. The van der Waals surface area contributed by atoms with E-state index in [9.17, 15) is 9.90 Å². The number of hydrogen-bond donors (Lipinski definition) is 1. The molecule has 0 atom stereocenters. The van der Waals surface area contributed by atoms with Gasteiger partial charge in [-0.15, -0.1) is 0 Å². The highest BCUT2D eigenvalue weighted by Crippen LogP contribution is 1.79. The Labute approximate surface area is 49.0 Å². The van der Waals surface area contributed by atoms with Crippen molar-refractivity contribution in [1.29, 1.82) is 0 Å². The molecule has 0 bridgehead atoms. The van der Waals surface area contributed by atoms with E-state index in [4.69, 9.17) is 5.11 Å². The van der Waals surface area contributed by atoms with Crippen LogP contribution in [0, 0.1) is 0 Å². The van der Waals surface area contributed by atoms with Crippen molar-refractivity contribution >= 4 is 5.97 Å². The van der Waals surface area contributed by atoms with Gasteiger partial charge in [0, 0.05) is 13.1 Å². The third-order valence-corrected chi connectivity index (χ3v) is 0.454. The molecule has 0 aliphatic rings. The number of aliphatic hydroxyl groups excluding tert-OH is 1. The van der Waals surface area contributed by atoms with Crippen LogP contribution in [0.25, 0.3) is 0 Å².